The van der Waals surface area contributed by atoms with Gasteiger partial charge >= 0.3 is 0 Å². The average molecular weight is 312 g/mol. The third-order valence-electron chi connectivity index (χ3n) is 3.36. The summed E-state index contributed by atoms with van der Waals surface area (Å²) in [5.41, 5.74) is 1.63. The molecule has 6 heteroatoms. The molecular formula is C17H16N2O4. The number of hydrogen-bond acceptors (Lipinski definition) is 5. The van der Waals surface area contributed by atoms with Gasteiger partial charge in [-0.05, 0) is 30.3 Å². The Morgan fingerprint density at radius 3 is 2.70 bits per heavy atom. The summed E-state index contributed by atoms with van der Waals surface area (Å²) >= 11 is 0. The number of rotatable bonds is 5. The summed E-state index contributed by atoms with van der Waals surface area (Å²) < 4.78 is 10.5. The summed E-state index contributed by atoms with van der Waals surface area (Å²) in [5.74, 6) is 0.675. The van der Waals surface area contributed by atoms with Crippen LogP contribution in [0.3, 0.4) is 0 Å². The van der Waals surface area contributed by atoms with Crippen molar-refractivity contribution in [2.45, 2.75) is 6.61 Å². The third-order valence-corrected chi connectivity index (χ3v) is 3.36. The van der Waals surface area contributed by atoms with Crippen LogP contribution in [0.1, 0.15) is 11.5 Å². The summed E-state index contributed by atoms with van der Waals surface area (Å²) in [6.45, 7) is 0.0285. The second kappa shape index (κ2) is 6.60. The van der Waals surface area contributed by atoms with Gasteiger partial charge in [0.05, 0.1) is 17.9 Å². The van der Waals surface area contributed by atoms with Crippen LogP contribution in [0.2, 0.25) is 0 Å². The molecule has 1 aliphatic heterocycles. The molecule has 6 nitrogen and oxygen atoms in total. The third kappa shape index (κ3) is 3.08. The Kier molecular flexibility index (Phi) is 4.36. The van der Waals surface area contributed by atoms with Gasteiger partial charge in [0.2, 0.25) is 0 Å². The first-order valence-corrected chi connectivity index (χ1v) is 7.10. The highest BCUT2D eigenvalue weighted by atomic mass is 16.5. The van der Waals surface area contributed by atoms with Gasteiger partial charge in [-0.1, -0.05) is 18.2 Å². The van der Waals surface area contributed by atoms with Crippen molar-refractivity contribution in [2.24, 2.45) is 5.10 Å². The molecule has 1 aromatic carbocycles. The number of furan rings is 1. The normalized spacial score (nSPS) is 16.3. The largest absolute Gasteiger partial charge is 0.459 e. The maximum Gasteiger partial charge on any atom is 0.280 e. The molecule has 1 N–H and O–H groups in total. The van der Waals surface area contributed by atoms with Crippen molar-refractivity contribution in [2.75, 3.05) is 18.7 Å². The molecule has 0 unspecified atom stereocenters. The predicted molar refractivity (Wildman–Crippen MR) is 85.8 cm³/mol. The van der Waals surface area contributed by atoms with E-state index in [2.05, 4.69) is 5.10 Å². The van der Waals surface area contributed by atoms with E-state index in [1.807, 2.05) is 30.3 Å². The van der Waals surface area contributed by atoms with Gasteiger partial charge in [0.15, 0.2) is 0 Å². The maximum absolute atomic E-state index is 12.7. The summed E-state index contributed by atoms with van der Waals surface area (Å²) in [7, 11) is 1.55. The molecule has 0 radical (unpaired) electrons. The zero-order chi connectivity index (χ0) is 16.2. The number of carbonyl (C=O) groups excluding carboxylic acids is 1. The van der Waals surface area contributed by atoms with Crippen molar-refractivity contribution in [1.29, 1.82) is 0 Å². The lowest BCUT2D eigenvalue weighted by Gasteiger charge is -2.10. The Hall–Kier alpha value is -2.70. The van der Waals surface area contributed by atoms with Crippen LogP contribution in [0, 0.1) is 0 Å². The van der Waals surface area contributed by atoms with E-state index in [1.54, 1.807) is 25.3 Å². The molecule has 2 aromatic rings. The number of methoxy groups -OCH3 is 1. The van der Waals surface area contributed by atoms with Crippen LogP contribution < -0.4 is 5.01 Å². The van der Waals surface area contributed by atoms with Gasteiger partial charge in [-0.15, -0.1) is 0 Å². The topological polar surface area (TPSA) is 75.3 Å². The van der Waals surface area contributed by atoms with Gasteiger partial charge in [0.1, 0.15) is 23.8 Å². The van der Waals surface area contributed by atoms with Gasteiger partial charge < -0.3 is 14.3 Å². The van der Waals surface area contributed by atoms with Crippen molar-refractivity contribution in [1.82, 2.24) is 0 Å². The molecule has 118 valence electrons. The molecule has 0 atom stereocenters. The highest BCUT2D eigenvalue weighted by molar-refractivity contribution is 6.33. The number of carbonyl (C=O) groups is 1. The van der Waals surface area contributed by atoms with Gasteiger partial charge in [-0.25, -0.2) is 0 Å². The predicted octanol–water partition coefficient (Wildman–Crippen LogP) is 2.20. The zero-order valence-electron chi connectivity index (χ0n) is 12.6. The quantitative estimate of drug-likeness (QED) is 0.859. The molecule has 0 fully saturated rings. The minimum atomic E-state index is -0.245. The Morgan fingerprint density at radius 2 is 2.04 bits per heavy atom. The summed E-state index contributed by atoms with van der Waals surface area (Å²) in [4.78, 5) is 12.7. The molecule has 0 aliphatic carbocycles. The van der Waals surface area contributed by atoms with Crippen LogP contribution in [0.4, 0.5) is 5.69 Å². The molecule has 1 amide bonds. The van der Waals surface area contributed by atoms with Crippen molar-refractivity contribution in [3.63, 3.8) is 0 Å². The smallest absolute Gasteiger partial charge is 0.280 e. The lowest BCUT2D eigenvalue weighted by Crippen LogP contribution is -2.21. The molecule has 3 rings (SSSR count). The molecule has 0 spiro atoms. The Labute approximate surface area is 133 Å². The lowest BCUT2D eigenvalue weighted by atomic mass is 10.1. The Morgan fingerprint density at radius 1 is 1.26 bits per heavy atom. The van der Waals surface area contributed by atoms with E-state index in [4.69, 9.17) is 14.3 Å². The number of hydrogen-bond donors (Lipinski definition) is 1. The minimum Gasteiger partial charge on any atom is -0.459 e. The van der Waals surface area contributed by atoms with E-state index in [0.29, 0.717) is 28.5 Å². The highest BCUT2D eigenvalue weighted by Gasteiger charge is 2.31. The van der Waals surface area contributed by atoms with E-state index in [1.165, 1.54) is 5.01 Å². The Balaban J connectivity index is 1.96. The second-order valence-corrected chi connectivity index (χ2v) is 4.95. The number of hydrazone groups is 1. The minimum absolute atomic E-state index is 0.188. The van der Waals surface area contributed by atoms with Gasteiger partial charge in [0, 0.05) is 7.11 Å². The molecule has 1 aliphatic rings. The van der Waals surface area contributed by atoms with Crippen LogP contribution in [-0.2, 0) is 16.1 Å². The highest BCUT2D eigenvalue weighted by Crippen LogP contribution is 2.25. The number of anilines is 1. The first-order chi connectivity index (χ1) is 11.2. The zero-order valence-corrected chi connectivity index (χ0v) is 12.6. The number of aliphatic hydroxyl groups is 1. The van der Waals surface area contributed by atoms with E-state index in [-0.39, 0.29) is 19.1 Å². The number of nitrogens with zero attached hydrogens (tertiary/aromatic N) is 2. The number of amides is 1. The van der Waals surface area contributed by atoms with Crippen LogP contribution >= 0.6 is 0 Å². The lowest BCUT2D eigenvalue weighted by molar-refractivity contribution is -0.114. The molecule has 23 heavy (non-hydrogen) atoms. The number of aliphatic hydroxyl groups excluding tert-OH is 1. The molecule has 2 heterocycles. The summed E-state index contributed by atoms with van der Waals surface area (Å²) in [6, 6.07) is 12.5. The van der Waals surface area contributed by atoms with Crippen molar-refractivity contribution < 1.29 is 19.1 Å². The van der Waals surface area contributed by atoms with E-state index >= 15 is 0 Å². The molecule has 0 saturated heterocycles. The van der Waals surface area contributed by atoms with Crippen molar-refractivity contribution in [3.05, 3.63) is 59.6 Å². The SMILES string of the molecule is COCC1=NN(c2ccccc2)C(=O)/C1=C\c1ccc(CO)o1. The monoisotopic (exact) mass is 312 g/mol. The molecule has 0 bridgehead atoms. The maximum atomic E-state index is 12.7. The van der Waals surface area contributed by atoms with Gasteiger partial charge in [-0.2, -0.15) is 10.1 Å². The van der Waals surface area contributed by atoms with E-state index in [9.17, 15) is 4.79 Å². The number of ether oxygens (including phenoxy) is 1. The summed E-state index contributed by atoms with van der Waals surface area (Å²) in [5, 5.41) is 14.8. The average Bonchev–Trinajstić information content (AvgIpc) is 3.16. The fourth-order valence-electron chi connectivity index (χ4n) is 2.29. The van der Waals surface area contributed by atoms with Crippen LogP contribution in [0.5, 0.6) is 0 Å². The van der Waals surface area contributed by atoms with E-state index < -0.39 is 0 Å². The first kappa shape index (κ1) is 15.2. The number of para-hydroxylation sites is 1. The summed E-state index contributed by atoms with van der Waals surface area (Å²) in [6.07, 6.45) is 1.61. The van der Waals surface area contributed by atoms with Crippen molar-refractivity contribution >= 4 is 23.4 Å². The molecule has 0 saturated carbocycles. The molecule has 1 aromatic heterocycles. The standard InChI is InChI=1S/C17H16N2O4/c1-22-11-16-15(9-13-7-8-14(10-20)23-13)17(21)19(18-16)12-5-3-2-4-6-12/h2-9,20H,10-11H2,1H3/b15-9-. The van der Waals surface area contributed by atoms with Crippen molar-refractivity contribution in [3.8, 4) is 0 Å². The van der Waals surface area contributed by atoms with Crippen LogP contribution in [0.15, 0.2) is 57.6 Å². The second-order valence-electron chi connectivity index (χ2n) is 4.95. The fourth-order valence-corrected chi connectivity index (χ4v) is 2.29. The van der Waals surface area contributed by atoms with Crippen LogP contribution in [-0.4, -0.2) is 30.4 Å². The van der Waals surface area contributed by atoms with Gasteiger partial charge in [0.25, 0.3) is 5.91 Å². The van der Waals surface area contributed by atoms with Crippen LogP contribution in [0.25, 0.3) is 6.08 Å². The Bertz CT molecular complexity index is 762. The van der Waals surface area contributed by atoms with E-state index in [0.717, 1.165) is 0 Å². The fraction of sp³-hybridized carbons (Fsp3) is 0.176. The molecular weight excluding hydrogens is 296 g/mol. The van der Waals surface area contributed by atoms with Gasteiger partial charge in [-0.3, -0.25) is 4.79 Å². The first-order valence-electron chi connectivity index (χ1n) is 7.10. The number of benzene rings is 1.